The molecule has 1 aromatic heterocycles. The predicted octanol–water partition coefficient (Wildman–Crippen LogP) is 2.18. The van der Waals surface area contributed by atoms with Crippen molar-refractivity contribution >= 4 is 11.2 Å². The third-order valence-electron chi connectivity index (χ3n) is 2.91. The molecule has 1 saturated heterocycles. The number of hydrogen-bond donors (Lipinski definition) is 0. The van der Waals surface area contributed by atoms with E-state index in [-0.39, 0.29) is 23.5 Å². The average Bonchev–Trinajstić information content (AvgIpc) is 2.32. The zero-order valence-electron chi connectivity index (χ0n) is 11.7. The molecule has 0 saturated carbocycles. The van der Waals surface area contributed by atoms with Crippen LogP contribution in [-0.4, -0.2) is 39.1 Å². The van der Waals surface area contributed by atoms with Crippen molar-refractivity contribution in [1.82, 2.24) is 9.97 Å². The van der Waals surface area contributed by atoms with Crippen LogP contribution in [0.1, 0.15) is 25.8 Å². The second-order valence-electron chi connectivity index (χ2n) is 5.34. The van der Waals surface area contributed by atoms with Crippen LogP contribution in [-0.2, 0) is 22.1 Å². The zero-order valence-corrected chi connectivity index (χ0v) is 12.5. The first-order valence-electron chi connectivity index (χ1n) is 6.17. The van der Waals surface area contributed by atoms with Crippen molar-refractivity contribution < 1.29 is 27.2 Å². The maximum absolute atomic E-state index is 12.9. The van der Waals surface area contributed by atoms with Crippen LogP contribution in [0.5, 0.6) is 5.88 Å². The van der Waals surface area contributed by atoms with Gasteiger partial charge in [0.25, 0.3) is 0 Å². The first-order chi connectivity index (χ1) is 9.58. The fraction of sp³-hybridized carbons (Fsp3) is 0.667. The number of ether oxygens (including phenoxy) is 2. The summed E-state index contributed by atoms with van der Waals surface area (Å²) in [5.74, 6) is -0.615. The van der Waals surface area contributed by atoms with Crippen molar-refractivity contribution in [2.45, 2.75) is 43.3 Å². The van der Waals surface area contributed by atoms with Crippen molar-refractivity contribution in [3.05, 3.63) is 11.8 Å². The van der Waals surface area contributed by atoms with E-state index in [4.69, 9.17) is 9.47 Å². The molecule has 1 aliphatic rings. The lowest BCUT2D eigenvalue weighted by Crippen LogP contribution is -2.48. The normalized spacial score (nSPS) is 22.5. The van der Waals surface area contributed by atoms with E-state index in [0.29, 0.717) is 12.6 Å². The average molecular weight is 324 g/mol. The zero-order chi connectivity index (χ0) is 15.8. The Bertz CT molecular complexity index is 515. The summed E-state index contributed by atoms with van der Waals surface area (Å²) in [5, 5.41) is -0.201. The first-order valence-corrected chi connectivity index (χ1v) is 7.72. The minimum Gasteiger partial charge on any atom is -0.609 e. The highest BCUT2D eigenvalue weighted by molar-refractivity contribution is 7.90. The van der Waals surface area contributed by atoms with Crippen LogP contribution in [0, 0.1) is 0 Å². The lowest BCUT2D eigenvalue weighted by molar-refractivity contribution is -0.195. The second kappa shape index (κ2) is 5.62. The molecular formula is C12H15F3N2O3S. The van der Waals surface area contributed by atoms with Gasteiger partial charge in [0.15, 0.2) is 0 Å². The molecule has 1 aliphatic heterocycles. The van der Waals surface area contributed by atoms with Gasteiger partial charge in [-0.2, -0.15) is 18.2 Å². The molecule has 2 unspecified atom stereocenters. The van der Waals surface area contributed by atoms with Gasteiger partial charge in [-0.15, -0.1) is 4.98 Å². The van der Waals surface area contributed by atoms with E-state index in [2.05, 4.69) is 9.97 Å². The highest BCUT2D eigenvalue weighted by Gasteiger charge is 2.40. The number of aromatic nitrogens is 2. The molecule has 2 heterocycles. The molecule has 0 N–H and O–H groups in total. The number of nitrogens with zero attached hydrogens (tertiary/aromatic N) is 2. The summed E-state index contributed by atoms with van der Waals surface area (Å²) in [6.45, 7) is 3.72. The highest BCUT2D eigenvalue weighted by Crippen LogP contribution is 2.36. The monoisotopic (exact) mass is 324 g/mol. The Kier molecular flexibility index (Phi) is 4.36. The van der Waals surface area contributed by atoms with E-state index in [1.165, 1.54) is 6.26 Å². The largest absolute Gasteiger partial charge is 0.609 e. The van der Waals surface area contributed by atoms with Gasteiger partial charge in [0.05, 0.1) is 17.9 Å². The van der Waals surface area contributed by atoms with E-state index < -0.39 is 28.8 Å². The molecular weight excluding hydrogens is 309 g/mol. The van der Waals surface area contributed by atoms with Crippen molar-refractivity contribution in [1.29, 1.82) is 0 Å². The van der Waals surface area contributed by atoms with E-state index in [1.54, 1.807) is 0 Å². The Morgan fingerprint density at radius 3 is 2.62 bits per heavy atom. The van der Waals surface area contributed by atoms with Crippen LogP contribution >= 0.6 is 0 Å². The molecule has 0 radical (unpaired) electrons. The Morgan fingerprint density at radius 2 is 2.14 bits per heavy atom. The fourth-order valence-electron chi connectivity index (χ4n) is 2.05. The van der Waals surface area contributed by atoms with Crippen LogP contribution in [0.2, 0.25) is 0 Å². The molecule has 0 amide bonds. The summed E-state index contributed by atoms with van der Waals surface area (Å²) in [6, 6.07) is 0. The van der Waals surface area contributed by atoms with Gasteiger partial charge >= 0.3 is 11.3 Å². The molecule has 9 heteroatoms. The van der Waals surface area contributed by atoms with E-state index in [0.717, 1.165) is 0 Å². The van der Waals surface area contributed by atoms with E-state index >= 15 is 0 Å². The van der Waals surface area contributed by atoms with Crippen LogP contribution in [0.4, 0.5) is 13.2 Å². The third-order valence-corrected chi connectivity index (χ3v) is 3.62. The maximum Gasteiger partial charge on any atom is 0.423 e. The third kappa shape index (κ3) is 3.98. The Hall–Kier alpha value is -1.06. The van der Waals surface area contributed by atoms with Crippen LogP contribution < -0.4 is 4.74 Å². The summed E-state index contributed by atoms with van der Waals surface area (Å²) in [4.78, 5) is 7.04. The van der Waals surface area contributed by atoms with Crippen molar-refractivity contribution in [3.63, 3.8) is 0 Å². The fourth-order valence-corrected chi connectivity index (χ4v) is 2.46. The van der Waals surface area contributed by atoms with Gasteiger partial charge in [-0.05, 0) is 13.8 Å². The van der Waals surface area contributed by atoms with Crippen molar-refractivity contribution in [2.24, 2.45) is 0 Å². The number of halogens is 3. The molecule has 1 aromatic rings. The first kappa shape index (κ1) is 16.3. The Labute approximate surface area is 123 Å². The van der Waals surface area contributed by atoms with E-state index in [1.807, 2.05) is 13.8 Å². The van der Waals surface area contributed by atoms with Gasteiger partial charge in [0, 0.05) is 17.6 Å². The van der Waals surface area contributed by atoms with Crippen molar-refractivity contribution in [3.8, 4) is 5.88 Å². The molecule has 0 spiro atoms. The molecule has 2 rings (SSSR count). The standard InChI is InChI=1S/C12H15F3N2O3S/c1-11(2)4-7(20-11)6-19-9-8(12(13,14)15)5-16-10(17-9)21(3)18/h5,7H,4,6H2,1-3H3. The van der Waals surface area contributed by atoms with Crippen molar-refractivity contribution in [2.75, 3.05) is 12.9 Å². The highest BCUT2D eigenvalue weighted by atomic mass is 32.2. The lowest BCUT2D eigenvalue weighted by atomic mass is 9.94. The molecule has 0 bridgehead atoms. The van der Waals surface area contributed by atoms with Gasteiger partial charge in [-0.3, -0.25) is 0 Å². The molecule has 5 nitrogen and oxygen atoms in total. The van der Waals surface area contributed by atoms with Gasteiger partial charge in [-0.25, -0.2) is 0 Å². The Balaban J connectivity index is 2.13. The quantitative estimate of drug-likeness (QED) is 0.627. The number of hydrogen-bond acceptors (Lipinski definition) is 5. The summed E-state index contributed by atoms with van der Waals surface area (Å²) in [5.41, 5.74) is -1.36. The van der Waals surface area contributed by atoms with E-state index in [9.17, 15) is 17.7 Å². The molecule has 21 heavy (non-hydrogen) atoms. The molecule has 2 atom stereocenters. The molecule has 1 fully saturated rings. The molecule has 0 aliphatic carbocycles. The SMILES string of the molecule is C[S+]([O-])c1ncc(C(F)(F)F)c(OCC2CC(C)(C)O2)n1. The summed E-state index contributed by atoms with van der Waals surface area (Å²) < 4.78 is 60.4. The number of rotatable bonds is 4. The number of alkyl halides is 3. The summed E-state index contributed by atoms with van der Waals surface area (Å²) in [6.07, 6.45) is -2.35. The minimum absolute atomic E-state index is 0.0423. The van der Waals surface area contributed by atoms with Crippen LogP contribution in [0.15, 0.2) is 11.4 Å². The van der Waals surface area contributed by atoms with Gasteiger partial charge < -0.3 is 14.0 Å². The summed E-state index contributed by atoms with van der Waals surface area (Å²) >= 11 is -1.59. The predicted molar refractivity (Wildman–Crippen MR) is 68.4 cm³/mol. The van der Waals surface area contributed by atoms with Crippen LogP contribution in [0.3, 0.4) is 0 Å². The Morgan fingerprint density at radius 1 is 1.52 bits per heavy atom. The minimum atomic E-state index is -4.64. The maximum atomic E-state index is 12.9. The van der Waals surface area contributed by atoms with Gasteiger partial charge in [-0.1, -0.05) is 0 Å². The lowest BCUT2D eigenvalue weighted by Gasteiger charge is -2.42. The molecule has 0 aromatic carbocycles. The summed E-state index contributed by atoms with van der Waals surface area (Å²) in [7, 11) is 0. The molecule has 118 valence electrons. The topological polar surface area (TPSA) is 67.3 Å². The van der Waals surface area contributed by atoms with Crippen LogP contribution in [0.25, 0.3) is 0 Å². The second-order valence-corrected chi connectivity index (χ2v) is 6.61. The smallest absolute Gasteiger partial charge is 0.423 e. The van der Waals surface area contributed by atoms with Gasteiger partial charge in [0.1, 0.15) is 18.4 Å². The van der Waals surface area contributed by atoms with Gasteiger partial charge in [0.2, 0.25) is 5.88 Å².